The standard InChI is InChI=1S/C15H28O3/c1-9(2)14(10(3)4)15(11(5)6,12(7)8)18-13(16)17-14/h9-12H,1-8H3. The van der Waals surface area contributed by atoms with Crippen molar-refractivity contribution in [2.75, 3.05) is 0 Å². The predicted molar refractivity (Wildman–Crippen MR) is 72.4 cm³/mol. The molecule has 1 aliphatic rings. The van der Waals surface area contributed by atoms with Crippen molar-refractivity contribution < 1.29 is 14.3 Å². The molecule has 0 aromatic rings. The molecule has 0 saturated carbocycles. The fourth-order valence-corrected chi connectivity index (χ4v) is 4.07. The minimum absolute atomic E-state index is 0.216. The quantitative estimate of drug-likeness (QED) is 0.705. The van der Waals surface area contributed by atoms with Crippen LogP contribution < -0.4 is 0 Å². The largest absolute Gasteiger partial charge is 0.509 e. The highest BCUT2D eigenvalue weighted by atomic mass is 16.8. The zero-order valence-corrected chi connectivity index (χ0v) is 13.0. The van der Waals surface area contributed by atoms with Gasteiger partial charge in [-0.05, 0) is 23.7 Å². The molecule has 1 rings (SSSR count). The third-order valence-electron chi connectivity index (χ3n) is 4.55. The van der Waals surface area contributed by atoms with E-state index in [1.165, 1.54) is 0 Å². The number of hydrogen-bond donors (Lipinski definition) is 0. The maximum atomic E-state index is 11.8. The lowest BCUT2D eigenvalue weighted by Crippen LogP contribution is -2.64. The van der Waals surface area contributed by atoms with Gasteiger partial charge in [-0.3, -0.25) is 0 Å². The lowest BCUT2D eigenvalue weighted by Gasteiger charge is -2.50. The minimum Gasteiger partial charge on any atom is -0.423 e. The smallest absolute Gasteiger partial charge is 0.423 e. The summed E-state index contributed by atoms with van der Waals surface area (Å²) in [5.41, 5.74) is -1.10. The van der Waals surface area contributed by atoms with E-state index >= 15 is 0 Å². The summed E-state index contributed by atoms with van der Waals surface area (Å²) in [6.07, 6.45) is -0.514. The number of rotatable bonds is 4. The summed E-state index contributed by atoms with van der Waals surface area (Å²) in [5.74, 6) is 0.866. The molecule has 0 radical (unpaired) electrons. The monoisotopic (exact) mass is 256 g/mol. The third-order valence-corrected chi connectivity index (χ3v) is 4.55. The molecule has 3 nitrogen and oxygen atoms in total. The van der Waals surface area contributed by atoms with Crippen LogP contribution in [0.5, 0.6) is 0 Å². The van der Waals surface area contributed by atoms with E-state index in [-0.39, 0.29) is 23.7 Å². The molecule has 1 fully saturated rings. The van der Waals surface area contributed by atoms with Crippen LogP contribution in [0.15, 0.2) is 0 Å². The normalized spacial score (nSPS) is 21.9. The zero-order valence-electron chi connectivity index (χ0n) is 13.0. The fourth-order valence-electron chi connectivity index (χ4n) is 4.07. The highest BCUT2D eigenvalue weighted by Gasteiger charge is 2.68. The van der Waals surface area contributed by atoms with Crippen LogP contribution in [0, 0.1) is 23.7 Å². The molecular formula is C15H28O3. The van der Waals surface area contributed by atoms with Crippen LogP contribution in [0.2, 0.25) is 0 Å². The molecule has 0 amide bonds. The first-order chi connectivity index (χ1) is 8.12. The van der Waals surface area contributed by atoms with Gasteiger partial charge in [0.15, 0.2) is 11.2 Å². The van der Waals surface area contributed by atoms with Gasteiger partial charge in [-0.2, -0.15) is 0 Å². The van der Waals surface area contributed by atoms with Gasteiger partial charge < -0.3 is 9.47 Å². The first kappa shape index (κ1) is 15.3. The molecule has 0 unspecified atom stereocenters. The summed E-state index contributed by atoms with van der Waals surface area (Å²) in [7, 11) is 0. The molecule has 0 atom stereocenters. The highest BCUT2D eigenvalue weighted by molar-refractivity contribution is 5.65. The number of carbonyl (C=O) groups excluding carboxylic acids is 1. The first-order valence-electron chi connectivity index (χ1n) is 7.04. The topological polar surface area (TPSA) is 35.5 Å². The minimum atomic E-state index is -0.549. The molecular weight excluding hydrogens is 228 g/mol. The molecule has 1 heterocycles. The van der Waals surface area contributed by atoms with E-state index in [1.54, 1.807) is 0 Å². The Morgan fingerprint density at radius 1 is 0.667 bits per heavy atom. The molecule has 0 spiro atoms. The molecule has 0 aromatic heterocycles. The van der Waals surface area contributed by atoms with E-state index in [4.69, 9.17) is 9.47 Å². The molecule has 0 bridgehead atoms. The SMILES string of the molecule is CC(C)C1(C(C)C)OC(=O)OC1(C(C)C)C(C)C. The van der Waals surface area contributed by atoms with Gasteiger partial charge in [0.25, 0.3) is 0 Å². The van der Waals surface area contributed by atoms with Crippen molar-refractivity contribution in [1.29, 1.82) is 0 Å². The summed E-state index contributed by atoms with van der Waals surface area (Å²) in [6, 6.07) is 0. The lowest BCUT2D eigenvalue weighted by molar-refractivity contribution is -0.158. The average molecular weight is 256 g/mol. The third kappa shape index (κ3) is 1.74. The van der Waals surface area contributed by atoms with Gasteiger partial charge in [0.05, 0.1) is 0 Å². The van der Waals surface area contributed by atoms with Crippen molar-refractivity contribution in [3.05, 3.63) is 0 Å². The van der Waals surface area contributed by atoms with E-state index < -0.39 is 17.4 Å². The van der Waals surface area contributed by atoms with Crippen LogP contribution in [0.4, 0.5) is 4.79 Å². The van der Waals surface area contributed by atoms with Crippen LogP contribution in [-0.2, 0) is 9.47 Å². The summed E-state index contributed by atoms with van der Waals surface area (Å²) < 4.78 is 11.5. The molecule has 0 N–H and O–H groups in total. The average Bonchev–Trinajstić information content (AvgIpc) is 2.53. The summed E-state index contributed by atoms with van der Waals surface area (Å²) in [4.78, 5) is 11.8. The maximum absolute atomic E-state index is 11.8. The van der Waals surface area contributed by atoms with Gasteiger partial charge in [0.2, 0.25) is 0 Å². The van der Waals surface area contributed by atoms with Gasteiger partial charge in [-0.25, -0.2) is 4.79 Å². The van der Waals surface area contributed by atoms with E-state index in [0.717, 1.165) is 0 Å². The number of cyclic esters (lactones) is 2. The van der Waals surface area contributed by atoms with Crippen LogP contribution >= 0.6 is 0 Å². The Labute approximate surface area is 111 Å². The first-order valence-corrected chi connectivity index (χ1v) is 7.04. The van der Waals surface area contributed by atoms with Crippen molar-refractivity contribution >= 4 is 6.16 Å². The van der Waals surface area contributed by atoms with Crippen molar-refractivity contribution in [3.63, 3.8) is 0 Å². The summed E-state index contributed by atoms with van der Waals surface area (Å²) >= 11 is 0. The van der Waals surface area contributed by atoms with E-state index in [1.807, 2.05) is 0 Å². The predicted octanol–water partition coefficient (Wildman–Crippen LogP) is 4.25. The number of carbonyl (C=O) groups is 1. The molecule has 106 valence electrons. The van der Waals surface area contributed by atoms with E-state index in [0.29, 0.717) is 0 Å². The van der Waals surface area contributed by atoms with E-state index in [9.17, 15) is 4.79 Å². The Hall–Kier alpha value is -0.730. The second kappa shape index (κ2) is 4.75. The fraction of sp³-hybridized carbons (Fsp3) is 0.933. The maximum Gasteiger partial charge on any atom is 0.509 e. The zero-order chi connectivity index (χ0) is 14.3. The molecule has 3 heteroatoms. The van der Waals surface area contributed by atoms with Crippen molar-refractivity contribution in [2.24, 2.45) is 23.7 Å². The molecule has 0 aromatic carbocycles. The second-order valence-electron chi connectivity index (χ2n) is 6.66. The van der Waals surface area contributed by atoms with Gasteiger partial charge in [0.1, 0.15) is 0 Å². The Morgan fingerprint density at radius 2 is 0.889 bits per heavy atom. The van der Waals surface area contributed by atoms with E-state index in [2.05, 4.69) is 55.4 Å². The Kier molecular flexibility index (Phi) is 4.04. The Bertz CT molecular complexity index is 270. The second-order valence-corrected chi connectivity index (χ2v) is 6.66. The van der Waals surface area contributed by atoms with Crippen LogP contribution in [0.1, 0.15) is 55.4 Å². The molecule has 18 heavy (non-hydrogen) atoms. The Morgan fingerprint density at radius 3 is 1.06 bits per heavy atom. The van der Waals surface area contributed by atoms with Gasteiger partial charge in [-0.1, -0.05) is 55.4 Å². The summed E-state index contributed by atoms with van der Waals surface area (Å²) in [5, 5.41) is 0. The van der Waals surface area contributed by atoms with Crippen LogP contribution in [-0.4, -0.2) is 17.4 Å². The highest BCUT2D eigenvalue weighted by Crippen LogP contribution is 2.54. The Balaban J connectivity index is 3.49. The lowest BCUT2D eigenvalue weighted by atomic mass is 9.60. The van der Waals surface area contributed by atoms with Crippen molar-refractivity contribution in [1.82, 2.24) is 0 Å². The van der Waals surface area contributed by atoms with Gasteiger partial charge in [0, 0.05) is 0 Å². The molecule has 1 aliphatic heterocycles. The van der Waals surface area contributed by atoms with Gasteiger partial charge >= 0.3 is 6.16 Å². The van der Waals surface area contributed by atoms with Crippen LogP contribution in [0.25, 0.3) is 0 Å². The number of hydrogen-bond acceptors (Lipinski definition) is 3. The molecule has 1 saturated heterocycles. The summed E-state index contributed by atoms with van der Waals surface area (Å²) in [6.45, 7) is 16.9. The number of ether oxygens (including phenoxy) is 2. The van der Waals surface area contributed by atoms with Crippen molar-refractivity contribution in [2.45, 2.75) is 66.6 Å². The van der Waals surface area contributed by atoms with Gasteiger partial charge in [-0.15, -0.1) is 0 Å². The van der Waals surface area contributed by atoms with Crippen LogP contribution in [0.3, 0.4) is 0 Å². The van der Waals surface area contributed by atoms with Crippen molar-refractivity contribution in [3.8, 4) is 0 Å². The molecule has 0 aliphatic carbocycles.